The SMILES string of the molecule is CCCCSC(C)C(=O)Nc1cc(Br)cc(C)c1N.Cl. The fraction of sp³-hybridized carbons (Fsp3) is 0.500. The van der Waals surface area contributed by atoms with Crippen LogP contribution in [-0.4, -0.2) is 16.9 Å². The van der Waals surface area contributed by atoms with Gasteiger partial charge < -0.3 is 11.1 Å². The van der Waals surface area contributed by atoms with E-state index in [9.17, 15) is 4.79 Å². The third kappa shape index (κ3) is 5.94. The van der Waals surface area contributed by atoms with Gasteiger partial charge in [0.15, 0.2) is 0 Å². The summed E-state index contributed by atoms with van der Waals surface area (Å²) < 4.78 is 0.917. The van der Waals surface area contributed by atoms with E-state index in [2.05, 4.69) is 28.2 Å². The van der Waals surface area contributed by atoms with Crippen LogP contribution in [0.15, 0.2) is 16.6 Å². The fourth-order valence-electron chi connectivity index (χ4n) is 1.57. The third-order valence-corrected chi connectivity index (χ3v) is 4.54. The van der Waals surface area contributed by atoms with Crippen LogP contribution in [-0.2, 0) is 4.79 Å². The van der Waals surface area contributed by atoms with Crippen molar-refractivity contribution in [1.82, 2.24) is 0 Å². The molecule has 0 aliphatic rings. The van der Waals surface area contributed by atoms with E-state index < -0.39 is 0 Å². The van der Waals surface area contributed by atoms with Gasteiger partial charge in [-0.15, -0.1) is 24.2 Å². The molecule has 114 valence electrons. The molecule has 0 saturated heterocycles. The Kier molecular flexibility index (Phi) is 9.34. The molecule has 0 aliphatic heterocycles. The fourth-order valence-corrected chi connectivity index (χ4v) is 3.16. The molecule has 3 N–H and O–H groups in total. The second kappa shape index (κ2) is 9.53. The molecule has 20 heavy (non-hydrogen) atoms. The number of carbonyl (C=O) groups is 1. The number of hydrogen-bond acceptors (Lipinski definition) is 3. The van der Waals surface area contributed by atoms with Crippen molar-refractivity contribution in [3.05, 3.63) is 22.2 Å². The topological polar surface area (TPSA) is 55.1 Å². The van der Waals surface area contributed by atoms with Crippen molar-refractivity contribution >= 4 is 57.4 Å². The van der Waals surface area contributed by atoms with Gasteiger partial charge in [-0.05, 0) is 43.7 Å². The van der Waals surface area contributed by atoms with E-state index in [1.165, 1.54) is 0 Å². The number of carbonyl (C=O) groups excluding carboxylic acids is 1. The summed E-state index contributed by atoms with van der Waals surface area (Å²) in [6, 6.07) is 3.77. The first-order valence-electron chi connectivity index (χ1n) is 6.43. The average molecular weight is 382 g/mol. The molecule has 0 fully saturated rings. The largest absolute Gasteiger partial charge is 0.397 e. The highest BCUT2D eigenvalue weighted by atomic mass is 79.9. The van der Waals surface area contributed by atoms with Crippen molar-refractivity contribution < 1.29 is 4.79 Å². The summed E-state index contributed by atoms with van der Waals surface area (Å²) in [5.74, 6) is 1.02. The summed E-state index contributed by atoms with van der Waals surface area (Å²) in [6.07, 6.45) is 2.29. The Bertz CT molecular complexity index is 457. The van der Waals surface area contributed by atoms with Crippen molar-refractivity contribution in [2.75, 3.05) is 16.8 Å². The second-order valence-corrected chi connectivity index (χ2v) is 6.90. The number of anilines is 2. The summed E-state index contributed by atoms with van der Waals surface area (Å²) in [7, 11) is 0. The Morgan fingerprint density at radius 2 is 2.15 bits per heavy atom. The van der Waals surface area contributed by atoms with Crippen LogP contribution < -0.4 is 11.1 Å². The number of hydrogen-bond donors (Lipinski definition) is 2. The van der Waals surface area contributed by atoms with Crippen molar-refractivity contribution in [1.29, 1.82) is 0 Å². The predicted octanol–water partition coefficient (Wildman–Crippen LogP) is 4.62. The normalized spacial score (nSPS) is 11.6. The van der Waals surface area contributed by atoms with Crippen molar-refractivity contribution in [3.63, 3.8) is 0 Å². The lowest BCUT2D eigenvalue weighted by Crippen LogP contribution is -2.23. The van der Waals surface area contributed by atoms with Gasteiger partial charge in [-0.1, -0.05) is 29.3 Å². The molecule has 0 aromatic heterocycles. The Morgan fingerprint density at radius 1 is 1.50 bits per heavy atom. The van der Waals surface area contributed by atoms with Gasteiger partial charge in [0.1, 0.15) is 0 Å². The van der Waals surface area contributed by atoms with Crippen LogP contribution in [0, 0.1) is 6.92 Å². The molecule has 0 bridgehead atoms. The lowest BCUT2D eigenvalue weighted by atomic mass is 10.1. The molecular weight excluding hydrogens is 360 g/mol. The Morgan fingerprint density at radius 3 is 2.75 bits per heavy atom. The number of benzene rings is 1. The molecule has 1 amide bonds. The maximum absolute atomic E-state index is 12.1. The molecule has 0 radical (unpaired) electrons. The first kappa shape index (κ1) is 19.6. The highest BCUT2D eigenvalue weighted by molar-refractivity contribution is 9.10. The van der Waals surface area contributed by atoms with Gasteiger partial charge in [-0.3, -0.25) is 4.79 Å². The average Bonchev–Trinajstić information content (AvgIpc) is 2.35. The van der Waals surface area contributed by atoms with Crippen LogP contribution in [0.25, 0.3) is 0 Å². The summed E-state index contributed by atoms with van der Waals surface area (Å²) >= 11 is 5.09. The van der Waals surface area contributed by atoms with Crippen LogP contribution >= 0.6 is 40.1 Å². The molecule has 3 nitrogen and oxygen atoms in total. The quantitative estimate of drug-likeness (QED) is 0.558. The number of thioether (sulfide) groups is 1. The molecule has 1 aromatic rings. The smallest absolute Gasteiger partial charge is 0.237 e. The minimum Gasteiger partial charge on any atom is -0.397 e. The van der Waals surface area contributed by atoms with E-state index in [4.69, 9.17) is 5.73 Å². The standard InChI is InChI=1S/C14H21BrN2OS.ClH/c1-4-5-6-19-10(3)14(18)17-12-8-11(15)7-9(2)13(12)16;/h7-8,10H,4-6,16H2,1-3H3,(H,17,18);1H. The third-order valence-electron chi connectivity index (χ3n) is 2.84. The van der Waals surface area contributed by atoms with Gasteiger partial charge in [0.2, 0.25) is 5.91 Å². The van der Waals surface area contributed by atoms with Crippen LogP contribution in [0.5, 0.6) is 0 Å². The number of nitrogen functional groups attached to an aromatic ring is 1. The highest BCUT2D eigenvalue weighted by Crippen LogP contribution is 2.28. The van der Waals surface area contributed by atoms with Gasteiger partial charge in [0.05, 0.1) is 16.6 Å². The molecule has 1 unspecified atom stereocenters. The highest BCUT2D eigenvalue weighted by Gasteiger charge is 2.15. The molecule has 1 atom stereocenters. The van der Waals surface area contributed by atoms with Gasteiger partial charge in [0.25, 0.3) is 0 Å². The zero-order valence-electron chi connectivity index (χ0n) is 12.0. The van der Waals surface area contributed by atoms with Gasteiger partial charge >= 0.3 is 0 Å². The minimum absolute atomic E-state index is 0. The zero-order valence-corrected chi connectivity index (χ0v) is 15.3. The summed E-state index contributed by atoms with van der Waals surface area (Å²) in [5.41, 5.74) is 8.24. The number of nitrogens with one attached hydrogen (secondary N) is 1. The Hall–Kier alpha value is -0.390. The number of unbranched alkanes of at least 4 members (excludes halogenated alkanes) is 1. The summed E-state index contributed by atoms with van der Waals surface area (Å²) in [4.78, 5) is 12.1. The summed E-state index contributed by atoms with van der Waals surface area (Å²) in [5, 5.41) is 2.84. The van der Waals surface area contributed by atoms with E-state index in [1.807, 2.05) is 26.0 Å². The molecule has 0 aliphatic carbocycles. The van der Waals surface area contributed by atoms with E-state index in [0.717, 1.165) is 28.6 Å². The van der Waals surface area contributed by atoms with E-state index in [1.54, 1.807) is 11.8 Å². The molecule has 1 rings (SSSR count). The molecule has 0 heterocycles. The van der Waals surface area contributed by atoms with Crippen LogP contribution in [0.3, 0.4) is 0 Å². The van der Waals surface area contributed by atoms with Crippen LogP contribution in [0.1, 0.15) is 32.3 Å². The van der Waals surface area contributed by atoms with Crippen LogP contribution in [0.2, 0.25) is 0 Å². The van der Waals surface area contributed by atoms with Crippen molar-refractivity contribution in [2.24, 2.45) is 0 Å². The van der Waals surface area contributed by atoms with Gasteiger partial charge in [-0.2, -0.15) is 0 Å². The lowest BCUT2D eigenvalue weighted by molar-refractivity contribution is -0.115. The molecule has 1 aromatic carbocycles. The molecule has 0 spiro atoms. The van der Waals surface area contributed by atoms with E-state index in [0.29, 0.717) is 11.4 Å². The molecule has 0 saturated carbocycles. The second-order valence-electron chi connectivity index (χ2n) is 4.54. The number of amides is 1. The Balaban J connectivity index is 0.00000361. The monoisotopic (exact) mass is 380 g/mol. The van der Waals surface area contributed by atoms with Gasteiger partial charge in [0, 0.05) is 4.47 Å². The number of halogens is 2. The van der Waals surface area contributed by atoms with Gasteiger partial charge in [-0.25, -0.2) is 0 Å². The lowest BCUT2D eigenvalue weighted by Gasteiger charge is -2.14. The van der Waals surface area contributed by atoms with Crippen LogP contribution in [0.4, 0.5) is 11.4 Å². The van der Waals surface area contributed by atoms with Crippen molar-refractivity contribution in [2.45, 2.75) is 38.9 Å². The maximum atomic E-state index is 12.1. The number of aryl methyl sites for hydroxylation is 1. The molecule has 6 heteroatoms. The number of rotatable bonds is 6. The first-order chi connectivity index (χ1) is 8.95. The number of nitrogens with two attached hydrogens (primary N) is 1. The van der Waals surface area contributed by atoms with E-state index >= 15 is 0 Å². The first-order valence-corrected chi connectivity index (χ1v) is 8.28. The Labute approximate surface area is 140 Å². The van der Waals surface area contributed by atoms with E-state index in [-0.39, 0.29) is 23.6 Å². The maximum Gasteiger partial charge on any atom is 0.237 e. The molecular formula is C14H22BrClN2OS. The van der Waals surface area contributed by atoms with Crippen molar-refractivity contribution in [3.8, 4) is 0 Å². The predicted molar refractivity (Wildman–Crippen MR) is 96.0 cm³/mol. The zero-order chi connectivity index (χ0) is 14.4. The summed E-state index contributed by atoms with van der Waals surface area (Å²) in [6.45, 7) is 6.00. The minimum atomic E-state index is -0.0646.